The highest BCUT2D eigenvalue weighted by molar-refractivity contribution is 7.89. The summed E-state index contributed by atoms with van der Waals surface area (Å²) in [5.41, 5.74) is 5.20. The Morgan fingerprint density at radius 2 is 1.89 bits per heavy atom. The Kier molecular flexibility index (Phi) is 5.88. The monoisotopic (exact) mass is 515 g/mol. The molecule has 0 radical (unpaired) electrons. The maximum Gasteiger partial charge on any atom is 0.274 e. The van der Waals surface area contributed by atoms with Crippen molar-refractivity contribution in [2.45, 2.75) is 19.2 Å². The number of hydrogen-bond donors (Lipinski definition) is 2. The van der Waals surface area contributed by atoms with Gasteiger partial charge in [0.05, 0.1) is 23.9 Å². The van der Waals surface area contributed by atoms with Gasteiger partial charge in [0.15, 0.2) is 9.84 Å². The summed E-state index contributed by atoms with van der Waals surface area (Å²) in [4.78, 5) is 31.3. The van der Waals surface area contributed by atoms with Crippen LogP contribution in [0, 0.1) is 11.3 Å². The van der Waals surface area contributed by atoms with Crippen LogP contribution >= 0.6 is 0 Å². The summed E-state index contributed by atoms with van der Waals surface area (Å²) in [7, 11) is -1.64. The van der Waals surface area contributed by atoms with Crippen molar-refractivity contribution < 1.29 is 13.2 Å². The Balaban J connectivity index is 1.86. The average Bonchev–Trinajstić information content (AvgIpc) is 3.17. The van der Waals surface area contributed by atoms with Gasteiger partial charge in [-0.1, -0.05) is 6.07 Å². The van der Waals surface area contributed by atoms with Crippen LogP contribution in [0.1, 0.15) is 34.1 Å². The summed E-state index contributed by atoms with van der Waals surface area (Å²) in [6.45, 7) is 2.52. The van der Waals surface area contributed by atoms with Crippen molar-refractivity contribution in [3.63, 3.8) is 0 Å². The third kappa shape index (κ3) is 4.27. The number of nitriles is 1. The molecule has 1 aliphatic heterocycles. The zero-order valence-corrected chi connectivity index (χ0v) is 21.4. The van der Waals surface area contributed by atoms with Gasteiger partial charge in [-0.3, -0.25) is 9.59 Å². The highest BCUT2D eigenvalue weighted by Crippen LogP contribution is 2.44. The van der Waals surface area contributed by atoms with Crippen LogP contribution in [0.25, 0.3) is 22.0 Å². The minimum Gasteiger partial charge on any atom is -0.351 e. The molecule has 0 fully saturated rings. The zero-order chi connectivity index (χ0) is 26.5. The van der Waals surface area contributed by atoms with E-state index >= 15 is 0 Å². The van der Waals surface area contributed by atoms with Crippen molar-refractivity contribution in [2.75, 3.05) is 17.7 Å². The first kappa shape index (κ1) is 24.3. The maximum absolute atomic E-state index is 13.1. The minimum absolute atomic E-state index is 0.129. The van der Waals surface area contributed by atoms with E-state index < -0.39 is 9.84 Å². The van der Waals surface area contributed by atoms with Crippen molar-refractivity contribution in [2.24, 2.45) is 7.05 Å². The summed E-state index contributed by atoms with van der Waals surface area (Å²) < 4.78 is 25.6. The Hall–Kier alpha value is -4.36. The number of carbonyl (C=O) groups excluding carboxylic acids is 1. The second-order valence-corrected chi connectivity index (χ2v) is 11.4. The summed E-state index contributed by atoms with van der Waals surface area (Å²) >= 11 is 0. The molecule has 0 bridgehead atoms. The van der Waals surface area contributed by atoms with Crippen LogP contribution in [0.3, 0.4) is 0 Å². The van der Waals surface area contributed by atoms with E-state index in [1.807, 2.05) is 36.1 Å². The molecule has 37 heavy (non-hydrogen) atoms. The molecule has 2 aromatic heterocycles. The number of rotatable bonds is 5. The molecule has 10 heteroatoms. The third-order valence-electron chi connectivity index (χ3n) is 6.49. The van der Waals surface area contributed by atoms with E-state index in [1.165, 1.54) is 10.8 Å². The van der Waals surface area contributed by atoms with Crippen LogP contribution in [0.2, 0.25) is 0 Å². The molecule has 0 aliphatic carbocycles. The van der Waals surface area contributed by atoms with Crippen molar-refractivity contribution in [1.82, 2.24) is 14.9 Å². The number of H-pyrrole nitrogens is 1. The van der Waals surface area contributed by atoms with Gasteiger partial charge in [0.1, 0.15) is 11.2 Å². The van der Waals surface area contributed by atoms with Crippen molar-refractivity contribution >= 4 is 38.0 Å². The predicted molar refractivity (Wildman–Crippen MR) is 143 cm³/mol. The molecular weight excluding hydrogens is 490 g/mol. The molecule has 3 heterocycles. The molecule has 2 N–H and O–H groups in total. The van der Waals surface area contributed by atoms with Gasteiger partial charge in [-0.05, 0) is 48.9 Å². The number of aryl methyl sites for hydroxylation is 1. The van der Waals surface area contributed by atoms with E-state index in [2.05, 4.69) is 16.4 Å². The van der Waals surface area contributed by atoms with Crippen molar-refractivity contribution in [3.8, 4) is 17.2 Å². The third-order valence-corrected chi connectivity index (χ3v) is 7.35. The first-order valence-electron chi connectivity index (χ1n) is 11.7. The van der Waals surface area contributed by atoms with Gasteiger partial charge in [-0.15, -0.1) is 0 Å². The highest BCUT2D eigenvalue weighted by Gasteiger charge is 2.30. The average molecular weight is 516 g/mol. The zero-order valence-electron chi connectivity index (χ0n) is 20.6. The lowest BCUT2D eigenvalue weighted by Gasteiger charge is -2.26. The molecule has 0 atom stereocenters. The summed E-state index contributed by atoms with van der Waals surface area (Å²) in [5.74, 6) is -0.443. The van der Waals surface area contributed by atoms with Gasteiger partial charge in [-0.25, -0.2) is 8.42 Å². The number of carbonyl (C=O) groups is 1. The van der Waals surface area contributed by atoms with Gasteiger partial charge >= 0.3 is 0 Å². The second-order valence-electron chi connectivity index (χ2n) is 9.21. The summed E-state index contributed by atoms with van der Waals surface area (Å²) in [5, 5.41) is 12.7. The number of sulfone groups is 1. The van der Waals surface area contributed by atoms with Crippen LogP contribution in [0.15, 0.2) is 53.5 Å². The second kappa shape index (κ2) is 8.94. The van der Waals surface area contributed by atoms with Crippen LogP contribution in [0.5, 0.6) is 0 Å². The number of amides is 1. The van der Waals surface area contributed by atoms with E-state index in [0.717, 1.165) is 22.5 Å². The van der Waals surface area contributed by atoms with Crippen molar-refractivity contribution in [3.05, 3.63) is 81.4 Å². The molecule has 0 saturated carbocycles. The Morgan fingerprint density at radius 3 is 2.54 bits per heavy atom. The number of nitrogens with one attached hydrogen (secondary N) is 2. The quantitative estimate of drug-likeness (QED) is 0.420. The fourth-order valence-electron chi connectivity index (χ4n) is 4.91. The van der Waals surface area contributed by atoms with Crippen molar-refractivity contribution in [1.29, 1.82) is 5.26 Å². The fraction of sp³-hybridized carbons (Fsp3) is 0.222. The summed E-state index contributed by atoms with van der Waals surface area (Å²) in [6.07, 6.45) is 2.92. The van der Waals surface area contributed by atoms with Gasteiger partial charge in [0.25, 0.3) is 11.5 Å². The molecule has 2 aromatic carbocycles. The highest BCUT2D eigenvalue weighted by atomic mass is 32.2. The number of aromatic nitrogens is 2. The number of anilines is 2. The van der Waals surface area contributed by atoms with Crippen LogP contribution < -0.4 is 15.8 Å². The molecule has 9 nitrogen and oxygen atoms in total. The maximum atomic E-state index is 13.1. The van der Waals surface area contributed by atoms with E-state index in [-0.39, 0.29) is 23.8 Å². The minimum atomic E-state index is -3.29. The lowest BCUT2D eigenvalue weighted by atomic mass is 9.99. The molecule has 0 unspecified atom stereocenters. The molecule has 1 amide bonds. The molecule has 0 saturated heterocycles. The van der Waals surface area contributed by atoms with Crippen LogP contribution in [0.4, 0.5) is 11.4 Å². The topological polar surface area (TPSA) is 128 Å². The number of nitrogens with zero attached hydrogens (tertiary/aromatic N) is 3. The number of benzene rings is 2. The molecule has 4 aromatic rings. The van der Waals surface area contributed by atoms with E-state index in [1.54, 1.807) is 31.4 Å². The molecule has 0 spiro atoms. The Bertz CT molecular complexity index is 1780. The summed E-state index contributed by atoms with van der Waals surface area (Å²) in [6, 6.07) is 14.7. The normalized spacial score (nSPS) is 12.6. The molecule has 5 rings (SSSR count). The fourth-order valence-corrected chi connectivity index (χ4v) is 5.70. The van der Waals surface area contributed by atoms with Gasteiger partial charge in [0.2, 0.25) is 0 Å². The van der Waals surface area contributed by atoms with Gasteiger partial charge in [0, 0.05) is 59.5 Å². The lowest BCUT2D eigenvalue weighted by molar-refractivity contribution is 0.0950. The van der Waals surface area contributed by atoms with E-state index in [4.69, 9.17) is 0 Å². The Labute approximate surface area is 213 Å². The smallest absolute Gasteiger partial charge is 0.274 e. The largest absolute Gasteiger partial charge is 0.351 e. The van der Waals surface area contributed by atoms with Gasteiger partial charge in [-0.2, -0.15) is 5.26 Å². The van der Waals surface area contributed by atoms with E-state index in [0.29, 0.717) is 39.8 Å². The number of aromatic amines is 1. The number of hydrogen-bond acceptors (Lipinski definition) is 6. The molecule has 1 aliphatic rings. The van der Waals surface area contributed by atoms with Crippen LogP contribution in [-0.4, -0.2) is 36.7 Å². The first-order valence-corrected chi connectivity index (χ1v) is 13.8. The molecule has 188 valence electrons. The first-order chi connectivity index (χ1) is 17.6. The standard InChI is InChI=1S/C27H25N5O4S/c1-4-29-26(33)24-21-14-32(18-8-5-16(12-28)6-9-18)22-10-7-17(15-37(3,35)36)11-19(22)20-13-31(2)27(34)25(30-24)23(20)21/h5-11,13,30H,4,14-15H2,1-3H3,(H,29,33). The number of fused-ring (bicyclic) bond motifs is 2. The number of pyridine rings is 1. The van der Waals surface area contributed by atoms with Gasteiger partial charge < -0.3 is 19.8 Å². The molecular formula is C27H25N5O4S. The SMILES string of the molecule is CCNC(=O)c1[nH]c2c(=O)n(C)cc3c2c1CN(c1ccc(C#N)cc1)c1ccc(CS(C)(=O)=O)cc1-3. The van der Waals surface area contributed by atoms with E-state index in [9.17, 15) is 23.3 Å². The van der Waals surface area contributed by atoms with Crippen LogP contribution in [-0.2, 0) is 29.2 Å². The Morgan fingerprint density at radius 1 is 1.16 bits per heavy atom. The predicted octanol–water partition coefficient (Wildman–Crippen LogP) is 3.35. The lowest BCUT2D eigenvalue weighted by Crippen LogP contribution is -2.25.